The molecule has 0 spiro atoms. The highest BCUT2D eigenvalue weighted by Gasteiger charge is 2.33. The summed E-state index contributed by atoms with van der Waals surface area (Å²) in [4.78, 5) is 34.0. The number of aromatic nitrogens is 2. The first-order valence-corrected chi connectivity index (χ1v) is 12.9. The van der Waals surface area contributed by atoms with Gasteiger partial charge in [-0.3, -0.25) is 19.3 Å². The smallest absolute Gasteiger partial charge is 0.497 e. The van der Waals surface area contributed by atoms with Crippen molar-refractivity contribution >= 4 is 30.4 Å². The van der Waals surface area contributed by atoms with Crippen LogP contribution in [0.4, 0.5) is 0 Å². The van der Waals surface area contributed by atoms with E-state index in [9.17, 15) is 19.1 Å². The zero-order chi connectivity index (χ0) is 23.8. The van der Waals surface area contributed by atoms with Gasteiger partial charge in [0, 0.05) is 24.5 Å². The van der Waals surface area contributed by atoms with Crippen LogP contribution in [0.2, 0.25) is 0 Å². The average Bonchev–Trinajstić information content (AvgIpc) is 3.13. The van der Waals surface area contributed by atoms with Crippen LogP contribution >= 0.6 is 7.82 Å². The third kappa shape index (κ3) is 5.26. The Bertz CT molecular complexity index is 1120. The first-order chi connectivity index (χ1) is 15.7. The van der Waals surface area contributed by atoms with Gasteiger partial charge in [0.25, 0.3) is 0 Å². The van der Waals surface area contributed by atoms with E-state index in [1.54, 1.807) is 43.8 Å². The fraction of sp³-hybridized carbons (Fsp3) is 0.565. The molecule has 2 N–H and O–H groups in total. The van der Waals surface area contributed by atoms with Crippen molar-refractivity contribution in [3.8, 4) is 5.75 Å². The van der Waals surface area contributed by atoms with Crippen LogP contribution in [0.15, 0.2) is 23.8 Å². The number of phosphoric acid groups is 1. The summed E-state index contributed by atoms with van der Waals surface area (Å²) < 4.78 is 23.5. The highest BCUT2D eigenvalue weighted by molar-refractivity contribution is 7.46. The van der Waals surface area contributed by atoms with Crippen molar-refractivity contribution in [2.24, 2.45) is 11.8 Å². The number of amides is 1. The molecule has 2 aliphatic rings. The van der Waals surface area contributed by atoms with Gasteiger partial charge in [-0.1, -0.05) is 19.3 Å². The Morgan fingerprint density at radius 3 is 2.58 bits per heavy atom. The van der Waals surface area contributed by atoms with E-state index in [1.165, 1.54) is 25.7 Å². The Hall–Kier alpha value is -2.35. The number of methoxy groups -OCH3 is 1. The van der Waals surface area contributed by atoms with E-state index in [1.807, 2.05) is 4.90 Å². The summed E-state index contributed by atoms with van der Waals surface area (Å²) in [5.41, 5.74) is 1.49. The summed E-state index contributed by atoms with van der Waals surface area (Å²) in [5, 5.41) is 5.20. The number of piperidine rings is 1. The number of rotatable bonds is 6. The Balaban J connectivity index is 1.66. The first-order valence-electron chi connectivity index (χ1n) is 11.4. The highest BCUT2D eigenvalue weighted by atomic mass is 31.2. The van der Waals surface area contributed by atoms with Gasteiger partial charge in [-0.15, -0.1) is 0 Å². The van der Waals surface area contributed by atoms with Gasteiger partial charge in [0.1, 0.15) is 18.0 Å². The average molecular weight is 477 g/mol. The number of benzene rings is 1. The van der Waals surface area contributed by atoms with E-state index in [0.29, 0.717) is 28.1 Å². The molecule has 1 aromatic carbocycles. The van der Waals surface area contributed by atoms with Crippen molar-refractivity contribution in [3.63, 3.8) is 0 Å². The predicted octanol–water partition coefficient (Wildman–Crippen LogP) is 3.94. The normalized spacial score (nSPS) is 20.9. The van der Waals surface area contributed by atoms with Gasteiger partial charge < -0.3 is 14.2 Å². The van der Waals surface area contributed by atoms with Crippen molar-refractivity contribution < 1.29 is 28.4 Å². The van der Waals surface area contributed by atoms with Crippen LogP contribution in [0, 0.1) is 11.8 Å². The molecular weight excluding hydrogens is 445 g/mol. The Morgan fingerprint density at radius 1 is 1.18 bits per heavy atom. The Labute approximate surface area is 193 Å². The number of fused-ring (bicyclic) bond motifs is 2. The van der Waals surface area contributed by atoms with E-state index in [4.69, 9.17) is 9.26 Å². The van der Waals surface area contributed by atoms with Crippen molar-refractivity contribution in [1.29, 1.82) is 0 Å². The zero-order valence-electron chi connectivity index (χ0n) is 19.4. The second kappa shape index (κ2) is 9.49. The van der Waals surface area contributed by atoms with E-state index in [-0.39, 0.29) is 23.9 Å². The number of carbonyl (C=O) groups excluding carboxylic acids is 1. The lowest BCUT2D eigenvalue weighted by Gasteiger charge is -2.41. The molecule has 1 aromatic heterocycles. The molecule has 1 aliphatic carbocycles. The van der Waals surface area contributed by atoms with Gasteiger partial charge in [-0.05, 0) is 56.2 Å². The van der Waals surface area contributed by atoms with Crippen LogP contribution in [-0.2, 0) is 20.4 Å². The minimum atomic E-state index is -4.80. The first kappa shape index (κ1) is 23.8. The van der Waals surface area contributed by atoms with Crippen LogP contribution in [0.25, 0.3) is 16.7 Å². The maximum absolute atomic E-state index is 13.2. The molecule has 2 fully saturated rings. The zero-order valence-corrected chi connectivity index (χ0v) is 20.3. The molecule has 0 bridgehead atoms. The number of allylic oxidation sites excluding steroid dienone is 1. The van der Waals surface area contributed by atoms with Gasteiger partial charge in [0.05, 0.1) is 12.6 Å². The monoisotopic (exact) mass is 477 g/mol. The fourth-order valence-corrected chi connectivity index (χ4v) is 5.62. The Morgan fingerprint density at radius 2 is 1.91 bits per heavy atom. The Kier molecular flexibility index (Phi) is 6.84. The van der Waals surface area contributed by atoms with Crippen LogP contribution in [0.5, 0.6) is 5.75 Å². The standard InChI is InChI=1S/C23H32N3O6P/c1-15(2)23(32-33(28,29)30)22-19-9-8-18(31-3)12-20(19)26(24-22)14-21(27)25-11-10-16-6-4-5-7-17(16)13-25/h8-9,12,16-17H,4-7,10-11,13-14H2,1-3H3,(H2,28,29,30)/t16-,17+/m1/s1. The van der Waals surface area contributed by atoms with Crippen molar-refractivity contribution in [2.45, 2.75) is 52.5 Å². The molecule has 10 heteroatoms. The molecule has 1 amide bonds. The number of ether oxygens (including phenoxy) is 1. The van der Waals surface area contributed by atoms with Gasteiger partial charge in [-0.25, -0.2) is 4.57 Å². The number of nitrogens with zero attached hydrogens (tertiary/aromatic N) is 3. The molecular formula is C23H32N3O6P. The van der Waals surface area contributed by atoms with E-state index >= 15 is 0 Å². The summed E-state index contributed by atoms with van der Waals surface area (Å²) in [6.07, 6.45) is 6.03. The van der Waals surface area contributed by atoms with E-state index in [0.717, 1.165) is 25.4 Å². The van der Waals surface area contributed by atoms with Gasteiger partial charge in [-0.2, -0.15) is 5.10 Å². The van der Waals surface area contributed by atoms with Gasteiger partial charge in [0.15, 0.2) is 5.76 Å². The van der Waals surface area contributed by atoms with Crippen LogP contribution in [-0.4, -0.2) is 50.6 Å². The molecule has 1 saturated carbocycles. The molecule has 9 nitrogen and oxygen atoms in total. The summed E-state index contributed by atoms with van der Waals surface area (Å²) in [7, 11) is -3.24. The number of likely N-dealkylation sites (tertiary alicyclic amines) is 1. The SMILES string of the molecule is COc1ccc2c(C(OP(=O)(O)O)=C(C)C)nn(CC(=O)N3CC[C@H]4CCCC[C@H]4C3)c2c1. The highest BCUT2D eigenvalue weighted by Crippen LogP contribution is 2.44. The molecule has 1 saturated heterocycles. The summed E-state index contributed by atoms with van der Waals surface area (Å²) >= 11 is 0. The second-order valence-corrected chi connectivity index (χ2v) is 10.4. The summed E-state index contributed by atoms with van der Waals surface area (Å²) in [6, 6.07) is 5.27. The number of hydrogen-bond acceptors (Lipinski definition) is 5. The lowest BCUT2D eigenvalue weighted by atomic mass is 9.75. The molecule has 2 atom stereocenters. The third-order valence-corrected chi connectivity index (χ3v) is 7.19. The minimum absolute atomic E-state index is 0.00699. The molecule has 2 aromatic rings. The molecule has 1 aliphatic heterocycles. The lowest BCUT2D eigenvalue weighted by Crippen LogP contribution is -2.45. The van der Waals surface area contributed by atoms with Crippen molar-refractivity contribution in [3.05, 3.63) is 29.5 Å². The maximum Gasteiger partial charge on any atom is 0.524 e. The van der Waals surface area contributed by atoms with Crippen molar-refractivity contribution in [1.82, 2.24) is 14.7 Å². The minimum Gasteiger partial charge on any atom is -0.497 e. The molecule has 33 heavy (non-hydrogen) atoms. The van der Waals surface area contributed by atoms with Crippen LogP contribution in [0.1, 0.15) is 51.6 Å². The van der Waals surface area contributed by atoms with E-state index < -0.39 is 7.82 Å². The van der Waals surface area contributed by atoms with Gasteiger partial charge in [0.2, 0.25) is 5.91 Å². The number of carbonyl (C=O) groups is 1. The molecule has 0 radical (unpaired) electrons. The largest absolute Gasteiger partial charge is 0.524 e. The number of phosphoric ester groups is 1. The molecule has 180 valence electrons. The van der Waals surface area contributed by atoms with Crippen molar-refractivity contribution in [2.75, 3.05) is 20.2 Å². The molecule has 0 unspecified atom stereocenters. The molecule has 4 rings (SSSR count). The third-order valence-electron chi connectivity index (χ3n) is 6.77. The molecule has 2 heterocycles. The van der Waals surface area contributed by atoms with Gasteiger partial charge >= 0.3 is 7.82 Å². The van der Waals surface area contributed by atoms with Crippen LogP contribution < -0.4 is 4.74 Å². The predicted molar refractivity (Wildman–Crippen MR) is 124 cm³/mol. The summed E-state index contributed by atoms with van der Waals surface area (Å²) in [5.74, 6) is 1.91. The van der Waals surface area contributed by atoms with Crippen LogP contribution in [0.3, 0.4) is 0 Å². The second-order valence-electron chi connectivity index (χ2n) is 9.23. The lowest BCUT2D eigenvalue weighted by molar-refractivity contribution is -0.135. The quantitative estimate of drug-likeness (QED) is 0.478. The number of hydrogen-bond donors (Lipinski definition) is 2. The fourth-order valence-electron chi connectivity index (χ4n) is 5.11. The summed E-state index contributed by atoms with van der Waals surface area (Å²) in [6.45, 7) is 4.97. The van der Waals surface area contributed by atoms with E-state index in [2.05, 4.69) is 5.10 Å². The topological polar surface area (TPSA) is 114 Å². The maximum atomic E-state index is 13.2.